The normalized spacial score (nSPS) is 34.4. The van der Waals surface area contributed by atoms with Crippen molar-refractivity contribution in [2.45, 2.75) is 39.2 Å². The largest absolute Gasteiger partial charge is 0.385 e. The first-order chi connectivity index (χ1) is 8.33. The monoisotopic (exact) mass is 253 g/mol. The van der Waals surface area contributed by atoms with Gasteiger partial charge in [0.05, 0.1) is 6.61 Å². The summed E-state index contributed by atoms with van der Waals surface area (Å²) < 4.78 is 5.09. The predicted octanol–water partition coefficient (Wildman–Crippen LogP) is 1.62. The Morgan fingerprint density at radius 3 is 2.72 bits per heavy atom. The maximum absolute atomic E-state index is 12.0. The number of amides is 2. The molecule has 2 amide bonds. The topological polar surface area (TPSA) is 67.9 Å². The first kappa shape index (κ1) is 13.3. The van der Waals surface area contributed by atoms with Crippen LogP contribution in [0.4, 0.5) is 4.79 Å². The average Bonchev–Trinajstić information content (AvgIpc) is 2.62. The molecule has 5 nitrogen and oxygen atoms in total. The number of nitrogens with two attached hydrogens (primary N) is 1. The zero-order valence-corrected chi connectivity index (χ0v) is 11.7. The highest BCUT2D eigenvalue weighted by molar-refractivity contribution is 6.06. The van der Waals surface area contributed by atoms with Crippen LogP contribution < -0.4 is 5.73 Å². The Labute approximate surface area is 108 Å². The average molecular weight is 253 g/mol. The summed E-state index contributed by atoms with van der Waals surface area (Å²) in [5, 5.41) is 0. The van der Waals surface area contributed by atoms with Crippen LogP contribution in [0.1, 0.15) is 33.6 Å². The fourth-order valence-electron chi connectivity index (χ4n) is 3.73. The van der Waals surface area contributed by atoms with Crippen molar-refractivity contribution in [1.29, 1.82) is 0 Å². The van der Waals surface area contributed by atoms with E-state index in [0.29, 0.717) is 24.9 Å². The zero-order chi connectivity index (χ0) is 13.6. The summed E-state index contributed by atoms with van der Waals surface area (Å²) >= 11 is 0. The molecule has 1 aliphatic heterocycles. The number of amidine groups is 1. The fraction of sp³-hybridized carbons (Fsp3) is 0.846. The molecule has 2 aliphatic rings. The Morgan fingerprint density at radius 2 is 2.22 bits per heavy atom. The molecule has 2 N–H and O–H groups in total. The zero-order valence-electron chi connectivity index (χ0n) is 11.7. The van der Waals surface area contributed by atoms with E-state index in [-0.39, 0.29) is 17.0 Å². The van der Waals surface area contributed by atoms with Crippen molar-refractivity contribution in [3.05, 3.63) is 0 Å². The van der Waals surface area contributed by atoms with E-state index in [1.165, 1.54) is 0 Å². The van der Waals surface area contributed by atoms with Crippen molar-refractivity contribution in [2.24, 2.45) is 22.1 Å². The van der Waals surface area contributed by atoms with E-state index in [0.717, 1.165) is 12.8 Å². The third-order valence-electron chi connectivity index (χ3n) is 4.31. The minimum absolute atomic E-state index is 0.190. The Bertz CT molecular complexity index is 392. The lowest BCUT2D eigenvalue weighted by Crippen LogP contribution is -2.57. The van der Waals surface area contributed by atoms with Gasteiger partial charge >= 0.3 is 6.03 Å². The molecular formula is C13H23N3O2. The van der Waals surface area contributed by atoms with E-state index in [1.54, 1.807) is 7.11 Å². The Morgan fingerprint density at radius 1 is 1.56 bits per heavy atom. The molecule has 2 unspecified atom stereocenters. The van der Waals surface area contributed by atoms with Gasteiger partial charge in [0, 0.05) is 13.7 Å². The minimum atomic E-state index is -0.390. The number of ether oxygens (including phenoxy) is 1. The molecule has 2 rings (SSSR count). The van der Waals surface area contributed by atoms with Crippen molar-refractivity contribution in [3.8, 4) is 0 Å². The van der Waals surface area contributed by atoms with Gasteiger partial charge in [-0.1, -0.05) is 20.8 Å². The molecule has 0 radical (unpaired) electrons. The number of rotatable bonds is 3. The molecule has 0 aromatic heterocycles. The van der Waals surface area contributed by atoms with Gasteiger partial charge in [-0.25, -0.2) is 4.79 Å². The second kappa shape index (κ2) is 4.23. The summed E-state index contributed by atoms with van der Waals surface area (Å²) in [5.41, 5.74) is 5.89. The number of urea groups is 1. The molecule has 18 heavy (non-hydrogen) atoms. The van der Waals surface area contributed by atoms with Crippen molar-refractivity contribution >= 4 is 11.9 Å². The molecular weight excluding hydrogens is 230 g/mol. The van der Waals surface area contributed by atoms with E-state index in [1.807, 2.05) is 4.90 Å². The minimum Gasteiger partial charge on any atom is -0.385 e. The van der Waals surface area contributed by atoms with Crippen LogP contribution in [0, 0.1) is 11.3 Å². The first-order valence-electron chi connectivity index (χ1n) is 6.49. The highest BCUT2D eigenvalue weighted by atomic mass is 16.5. The molecule has 0 saturated heterocycles. The third-order valence-corrected chi connectivity index (χ3v) is 4.31. The summed E-state index contributed by atoms with van der Waals surface area (Å²) in [6.07, 6.45) is 1.94. The molecule has 1 saturated carbocycles. The van der Waals surface area contributed by atoms with Crippen LogP contribution in [0.15, 0.2) is 4.99 Å². The highest BCUT2D eigenvalue weighted by Gasteiger charge is 2.58. The lowest BCUT2D eigenvalue weighted by molar-refractivity contribution is 0.106. The number of methoxy groups -OCH3 is 1. The molecule has 0 aromatic rings. The van der Waals surface area contributed by atoms with Crippen LogP contribution in [0.2, 0.25) is 0 Å². The lowest BCUT2D eigenvalue weighted by Gasteiger charge is -2.38. The van der Waals surface area contributed by atoms with E-state index in [9.17, 15) is 4.79 Å². The van der Waals surface area contributed by atoms with Crippen molar-refractivity contribution in [2.75, 3.05) is 20.3 Å². The first-order valence-corrected chi connectivity index (χ1v) is 6.49. The lowest BCUT2D eigenvalue weighted by atomic mass is 9.84. The summed E-state index contributed by atoms with van der Waals surface area (Å²) in [7, 11) is 1.64. The third kappa shape index (κ3) is 1.81. The van der Waals surface area contributed by atoms with Gasteiger partial charge in [-0.2, -0.15) is 4.99 Å². The molecule has 0 bridgehead atoms. The van der Waals surface area contributed by atoms with Gasteiger partial charge in [0.1, 0.15) is 11.4 Å². The SMILES string of the molecule is COCCN1C(=O)N=C(N)C12CC(C)(C)CC2C. The van der Waals surface area contributed by atoms with Crippen LogP contribution in [-0.2, 0) is 4.74 Å². The van der Waals surface area contributed by atoms with Crippen LogP contribution in [0.3, 0.4) is 0 Å². The van der Waals surface area contributed by atoms with E-state index in [4.69, 9.17) is 10.5 Å². The molecule has 5 heteroatoms. The standard InChI is InChI=1S/C13H23N3O2/c1-9-7-12(2,3)8-13(9)10(14)15-11(17)16(13)5-6-18-4/h9H,5-8H2,1-4H3,(H2,14,15,17). The predicted molar refractivity (Wildman–Crippen MR) is 70.5 cm³/mol. The van der Waals surface area contributed by atoms with E-state index >= 15 is 0 Å². The molecule has 2 atom stereocenters. The van der Waals surface area contributed by atoms with Crippen LogP contribution >= 0.6 is 0 Å². The highest BCUT2D eigenvalue weighted by Crippen LogP contribution is 2.52. The van der Waals surface area contributed by atoms with E-state index < -0.39 is 0 Å². The summed E-state index contributed by atoms with van der Waals surface area (Å²) in [5.74, 6) is 0.821. The van der Waals surface area contributed by atoms with Crippen molar-refractivity contribution in [3.63, 3.8) is 0 Å². The number of nitrogens with zero attached hydrogens (tertiary/aromatic N) is 2. The van der Waals surface area contributed by atoms with Gasteiger partial charge in [0.25, 0.3) is 0 Å². The second-order valence-electron chi connectivity index (χ2n) is 6.29. The van der Waals surface area contributed by atoms with Gasteiger partial charge in [-0.15, -0.1) is 0 Å². The second-order valence-corrected chi connectivity index (χ2v) is 6.29. The Hall–Kier alpha value is -1.10. The van der Waals surface area contributed by atoms with Crippen molar-refractivity contribution < 1.29 is 9.53 Å². The summed E-state index contributed by atoms with van der Waals surface area (Å²) in [4.78, 5) is 17.8. The Kier molecular flexibility index (Phi) is 3.13. The smallest absolute Gasteiger partial charge is 0.346 e. The quantitative estimate of drug-likeness (QED) is 0.831. The molecule has 0 aromatic carbocycles. The molecule has 1 spiro atoms. The molecule has 102 valence electrons. The molecule has 1 fully saturated rings. The summed E-state index contributed by atoms with van der Waals surface area (Å²) in [6, 6.07) is -0.214. The molecule has 1 heterocycles. The number of hydrogen-bond acceptors (Lipinski definition) is 3. The number of aliphatic imine (C=N–C) groups is 1. The van der Waals surface area contributed by atoms with Crippen LogP contribution in [-0.4, -0.2) is 42.6 Å². The number of carbonyl (C=O) groups is 1. The van der Waals surface area contributed by atoms with Gasteiger partial charge in [-0.05, 0) is 24.2 Å². The maximum atomic E-state index is 12.0. The fourth-order valence-corrected chi connectivity index (χ4v) is 3.73. The van der Waals surface area contributed by atoms with Crippen LogP contribution in [0.25, 0.3) is 0 Å². The Balaban J connectivity index is 2.33. The number of hydrogen-bond donors (Lipinski definition) is 1. The van der Waals surface area contributed by atoms with Gasteiger partial charge in [0.2, 0.25) is 0 Å². The van der Waals surface area contributed by atoms with Crippen molar-refractivity contribution in [1.82, 2.24) is 4.90 Å². The van der Waals surface area contributed by atoms with Gasteiger partial charge < -0.3 is 15.4 Å². The van der Waals surface area contributed by atoms with Gasteiger partial charge in [0.15, 0.2) is 0 Å². The maximum Gasteiger partial charge on any atom is 0.346 e. The van der Waals surface area contributed by atoms with Gasteiger partial charge in [-0.3, -0.25) is 0 Å². The number of carbonyl (C=O) groups excluding carboxylic acids is 1. The van der Waals surface area contributed by atoms with E-state index in [2.05, 4.69) is 25.8 Å². The van der Waals surface area contributed by atoms with Crippen LogP contribution in [0.5, 0.6) is 0 Å². The molecule has 1 aliphatic carbocycles. The summed E-state index contributed by atoms with van der Waals surface area (Å²) in [6.45, 7) is 7.69.